The molecule has 5 nitrogen and oxygen atoms in total. The topological polar surface area (TPSA) is 36.7 Å². The Bertz CT molecular complexity index is 1590. The minimum absolute atomic E-state index is 0.0250. The Morgan fingerprint density at radius 1 is 0.865 bits per heavy atom. The van der Waals surface area contributed by atoms with E-state index in [-0.39, 0.29) is 5.56 Å². The molecule has 1 saturated heterocycles. The fourth-order valence-corrected chi connectivity index (χ4v) is 5.13. The summed E-state index contributed by atoms with van der Waals surface area (Å²) in [7, 11) is 2.16. The number of piperazine rings is 1. The molecule has 37 heavy (non-hydrogen) atoms. The zero-order valence-corrected chi connectivity index (χ0v) is 21.2. The second-order valence-electron chi connectivity index (χ2n) is 10.1. The van der Waals surface area contributed by atoms with E-state index >= 15 is 0 Å². The number of benzene rings is 2. The molecule has 1 fully saturated rings. The second kappa shape index (κ2) is 8.92. The molecule has 1 aliphatic heterocycles. The molecule has 1 aliphatic rings. The maximum absolute atomic E-state index is 14.1. The van der Waals surface area contributed by atoms with Crippen molar-refractivity contribution in [3.05, 3.63) is 84.3 Å². The van der Waals surface area contributed by atoms with Crippen LogP contribution in [0.3, 0.4) is 0 Å². The first-order chi connectivity index (χ1) is 17.8. The fourth-order valence-electron chi connectivity index (χ4n) is 5.13. The van der Waals surface area contributed by atoms with Gasteiger partial charge in [-0.15, -0.1) is 0 Å². The number of hydrogen-bond donors (Lipinski definition) is 0. The maximum atomic E-state index is 14.1. The Kier molecular flexibility index (Phi) is 5.68. The van der Waals surface area contributed by atoms with Gasteiger partial charge in [0.05, 0.1) is 17.4 Å². The number of aromatic nitrogens is 3. The van der Waals surface area contributed by atoms with Crippen molar-refractivity contribution in [2.75, 3.05) is 38.1 Å². The van der Waals surface area contributed by atoms with E-state index in [1.54, 1.807) is 18.3 Å². The van der Waals surface area contributed by atoms with Gasteiger partial charge in [0, 0.05) is 67.2 Å². The Morgan fingerprint density at radius 2 is 1.62 bits per heavy atom. The van der Waals surface area contributed by atoms with Gasteiger partial charge < -0.3 is 9.80 Å². The van der Waals surface area contributed by atoms with Gasteiger partial charge in [-0.05, 0) is 67.6 Å². The molecule has 188 valence electrons. The van der Waals surface area contributed by atoms with E-state index in [0.717, 1.165) is 66.8 Å². The van der Waals surface area contributed by atoms with Crippen molar-refractivity contribution in [1.29, 1.82) is 0 Å². The first-order valence-electron chi connectivity index (χ1n) is 12.6. The number of hydrogen-bond acceptors (Lipinski definition) is 4. The van der Waals surface area contributed by atoms with E-state index in [1.807, 2.05) is 23.6 Å². The summed E-state index contributed by atoms with van der Waals surface area (Å²) in [5.74, 6) is -2.93. The van der Waals surface area contributed by atoms with Crippen LogP contribution >= 0.6 is 0 Å². The zero-order valence-electron chi connectivity index (χ0n) is 21.2. The minimum Gasteiger partial charge on any atom is -0.369 e. The first kappa shape index (κ1) is 23.6. The zero-order chi connectivity index (χ0) is 25.7. The number of aryl methyl sites for hydroxylation is 1. The third-order valence-corrected chi connectivity index (χ3v) is 7.30. The fraction of sp³-hybridized carbons (Fsp3) is 0.267. The molecule has 0 saturated carbocycles. The summed E-state index contributed by atoms with van der Waals surface area (Å²) in [6.07, 6.45) is 3.81. The number of pyridine rings is 2. The van der Waals surface area contributed by atoms with Crippen LogP contribution in [0.15, 0.2) is 73.1 Å². The highest BCUT2D eigenvalue weighted by Gasteiger charge is 2.25. The second-order valence-corrected chi connectivity index (χ2v) is 10.1. The smallest absolute Gasteiger partial charge is 0.270 e. The van der Waals surface area contributed by atoms with Gasteiger partial charge in [0.1, 0.15) is 5.65 Å². The number of rotatable bonds is 4. The summed E-state index contributed by atoms with van der Waals surface area (Å²) in [5, 5.41) is 0.690. The predicted molar refractivity (Wildman–Crippen MR) is 145 cm³/mol. The maximum Gasteiger partial charge on any atom is 0.270 e. The van der Waals surface area contributed by atoms with Crippen molar-refractivity contribution in [1.82, 2.24) is 19.3 Å². The monoisotopic (exact) mass is 497 g/mol. The van der Waals surface area contributed by atoms with Gasteiger partial charge in [0.15, 0.2) is 0 Å². The molecule has 0 aliphatic carbocycles. The quantitative estimate of drug-likeness (QED) is 0.288. The molecule has 0 unspecified atom stereocenters. The number of imidazole rings is 1. The van der Waals surface area contributed by atoms with E-state index in [0.29, 0.717) is 10.9 Å². The van der Waals surface area contributed by atoms with Gasteiger partial charge in [-0.25, -0.2) is 13.8 Å². The van der Waals surface area contributed by atoms with Gasteiger partial charge in [-0.3, -0.25) is 9.38 Å². The van der Waals surface area contributed by atoms with E-state index in [2.05, 4.69) is 63.2 Å². The molecular weight excluding hydrogens is 468 g/mol. The lowest BCUT2D eigenvalue weighted by Crippen LogP contribution is -2.44. The van der Waals surface area contributed by atoms with E-state index < -0.39 is 5.92 Å². The average Bonchev–Trinajstić information content (AvgIpc) is 3.31. The van der Waals surface area contributed by atoms with Gasteiger partial charge in [0.2, 0.25) is 0 Å². The lowest BCUT2D eigenvalue weighted by molar-refractivity contribution is 0.0176. The molecule has 0 N–H and O–H groups in total. The number of fused-ring (bicyclic) bond motifs is 2. The molecule has 3 aromatic heterocycles. The normalized spacial score (nSPS) is 15.1. The van der Waals surface area contributed by atoms with Crippen LogP contribution in [0.4, 0.5) is 14.5 Å². The van der Waals surface area contributed by atoms with Gasteiger partial charge in [-0.1, -0.05) is 18.2 Å². The van der Waals surface area contributed by atoms with E-state index in [1.165, 1.54) is 11.8 Å². The van der Waals surface area contributed by atoms with E-state index in [4.69, 9.17) is 0 Å². The van der Waals surface area contributed by atoms with Crippen LogP contribution in [0.1, 0.15) is 18.2 Å². The van der Waals surface area contributed by atoms with Crippen LogP contribution < -0.4 is 4.90 Å². The molecule has 2 aromatic carbocycles. The lowest BCUT2D eigenvalue weighted by Gasteiger charge is -2.34. The molecule has 0 spiro atoms. The number of anilines is 1. The van der Waals surface area contributed by atoms with Gasteiger partial charge >= 0.3 is 0 Å². The highest BCUT2D eigenvalue weighted by atomic mass is 19.3. The summed E-state index contributed by atoms with van der Waals surface area (Å²) < 4.78 is 30.2. The van der Waals surface area contributed by atoms with Crippen LogP contribution in [-0.4, -0.2) is 52.5 Å². The third kappa shape index (κ3) is 4.44. The Hall–Kier alpha value is -3.84. The number of nitrogens with zero attached hydrogens (tertiary/aromatic N) is 5. The summed E-state index contributed by atoms with van der Waals surface area (Å²) in [5.41, 5.74) is 7.43. The molecule has 0 amide bonds. The standard InChI is InChI=1S/C30H29F2N5/c1-20-16-26(25-18-23(30(2,31)32)6-9-27(25)34-20)28-19-33-29-17-22(10-11-37(28)29)21-4-7-24(8-5-21)36-14-12-35(3)13-15-36/h4-11,16-19H,12-15H2,1-3H3. The Morgan fingerprint density at radius 3 is 2.35 bits per heavy atom. The molecule has 0 bridgehead atoms. The lowest BCUT2D eigenvalue weighted by atomic mass is 10.0. The number of halogens is 2. The molecule has 0 atom stereocenters. The molecular formula is C30H29F2N5. The predicted octanol–water partition coefficient (Wildman–Crippen LogP) is 6.39. The largest absolute Gasteiger partial charge is 0.369 e. The third-order valence-electron chi connectivity index (χ3n) is 7.30. The van der Waals surface area contributed by atoms with Crippen molar-refractivity contribution in [3.63, 3.8) is 0 Å². The summed E-state index contributed by atoms with van der Waals surface area (Å²) >= 11 is 0. The van der Waals surface area contributed by atoms with Crippen molar-refractivity contribution >= 4 is 22.2 Å². The van der Waals surface area contributed by atoms with Crippen LogP contribution in [0.5, 0.6) is 0 Å². The summed E-state index contributed by atoms with van der Waals surface area (Å²) in [4.78, 5) is 14.0. The van der Waals surface area contributed by atoms with Crippen LogP contribution in [0, 0.1) is 6.92 Å². The van der Waals surface area contributed by atoms with Crippen molar-refractivity contribution in [2.45, 2.75) is 19.8 Å². The molecule has 7 heteroatoms. The van der Waals surface area contributed by atoms with E-state index in [9.17, 15) is 8.78 Å². The SMILES string of the molecule is Cc1cc(-c2cnc3cc(-c4ccc(N5CCN(C)CC5)cc4)ccn23)c2cc(C(C)(F)F)ccc2n1. The Labute approximate surface area is 215 Å². The Balaban J connectivity index is 1.36. The molecule has 0 radical (unpaired) electrons. The van der Waals surface area contributed by atoms with Crippen molar-refractivity contribution in [2.24, 2.45) is 0 Å². The van der Waals surface area contributed by atoms with Gasteiger partial charge in [-0.2, -0.15) is 0 Å². The number of alkyl halides is 2. The average molecular weight is 498 g/mol. The minimum atomic E-state index is -2.93. The molecule has 4 heterocycles. The van der Waals surface area contributed by atoms with Crippen molar-refractivity contribution < 1.29 is 8.78 Å². The van der Waals surface area contributed by atoms with Crippen LogP contribution in [0.2, 0.25) is 0 Å². The van der Waals surface area contributed by atoms with Crippen LogP contribution in [-0.2, 0) is 5.92 Å². The van der Waals surface area contributed by atoms with Crippen molar-refractivity contribution in [3.8, 4) is 22.4 Å². The van der Waals surface area contributed by atoms with Gasteiger partial charge in [0.25, 0.3) is 5.92 Å². The first-order valence-corrected chi connectivity index (χ1v) is 12.6. The molecule has 6 rings (SSSR count). The highest BCUT2D eigenvalue weighted by molar-refractivity contribution is 5.95. The summed E-state index contributed by atoms with van der Waals surface area (Å²) in [6, 6.07) is 19.5. The highest BCUT2D eigenvalue weighted by Crippen LogP contribution is 2.35. The molecule has 5 aromatic rings. The number of likely N-dealkylation sites (N-methyl/N-ethyl adjacent to an activating group) is 1. The summed E-state index contributed by atoms with van der Waals surface area (Å²) in [6.45, 7) is 7.07. The van der Waals surface area contributed by atoms with Crippen LogP contribution in [0.25, 0.3) is 38.9 Å².